The molecule has 1 aromatic rings. The molecule has 0 spiro atoms. The molecule has 1 aliphatic heterocycles. The number of nitrogens with zero attached hydrogens (tertiary/aromatic N) is 2. The zero-order valence-electron chi connectivity index (χ0n) is 19.4. The van der Waals surface area contributed by atoms with E-state index in [4.69, 9.17) is 0 Å². The second-order valence-electron chi connectivity index (χ2n) is 9.26. The second-order valence-corrected chi connectivity index (χ2v) is 9.26. The Morgan fingerprint density at radius 2 is 1.87 bits per heavy atom. The molecular formula is C23H36N2O5. The summed E-state index contributed by atoms with van der Waals surface area (Å²) in [6, 6.07) is 7.03. The predicted molar refractivity (Wildman–Crippen MR) is 116 cm³/mol. The predicted octanol–water partition coefficient (Wildman–Crippen LogP) is 3.96. The highest BCUT2D eigenvalue weighted by Crippen LogP contribution is 2.35. The number of hydrogen-bond donors (Lipinski definition) is 0. The van der Waals surface area contributed by atoms with Crippen LogP contribution in [0.3, 0.4) is 0 Å². The third-order valence-corrected chi connectivity index (χ3v) is 5.52. The second kappa shape index (κ2) is 10.3. The molecule has 0 bridgehead atoms. The quantitative estimate of drug-likeness (QED) is 0.488. The average molecular weight is 421 g/mol. The van der Waals surface area contributed by atoms with Crippen molar-refractivity contribution in [3.63, 3.8) is 0 Å². The van der Waals surface area contributed by atoms with E-state index in [0.717, 1.165) is 26.1 Å². The summed E-state index contributed by atoms with van der Waals surface area (Å²) in [5.74, 6) is -0.776. The number of rotatable bonds is 7. The van der Waals surface area contributed by atoms with E-state index in [2.05, 4.69) is 84.4 Å². The summed E-state index contributed by atoms with van der Waals surface area (Å²) < 4.78 is 0. The first-order chi connectivity index (χ1) is 14.0. The van der Waals surface area contributed by atoms with E-state index in [1.807, 2.05) is 0 Å². The molecule has 0 N–H and O–H groups in total. The van der Waals surface area contributed by atoms with Crippen molar-refractivity contribution in [2.45, 2.75) is 72.3 Å². The maximum atomic E-state index is 12.0. The van der Waals surface area contributed by atoms with E-state index in [1.165, 1.54) is 23.7 Å². The lowest BCUT2D eigenvalue weighted by Gasteiger charge is -2.43. The molecule has 1 aliphatic rings. The van der Waals surface area contributed by atoms with Gasteiger partial charge in [0, 0.05) is 43.3 Å². The molecule has 2 rings (SSSR count). The van der Waals surface area contributed by atoms with Crippen LogP contribution in [0.1, 0.15) is 71.9 Å². The van der Waals surface area contributed by atoms with Crippen LogP contribution in [0.2, 0.25) is 0 Å². The Morgan fingerprint density at radius 3 is 2.43 bits per heavy atom. The van der Waals surface area contributed by atoms with E-state index in [-0.39, 0.29) is 18.0 Å². The summed E-state index contributed by atoms with van der Waals surface area (Å²) in [6.07, 6.45) is 0.906. The van der Waals surface area contributed by atoms with Crippen molar-refractivity contribution < 1.29 is 24.4 Å². The first-order valence-electron chi connectivity index (χ1n) is 10.7. The van der Waals surface area contributed by atoms with E-state index < -0.39 is 11.9 Å². The zero-order chi connectivity index (χ0) is 22.5. The van der Waals surface area contributed by atoms with Crippen LogP contribution in [0.5, 0.6) is 0 Å². The van der Waals surface area contributed by atoms with Crippen LogP contribution >= 0.6 is 0 Å². The molecule has 1 saturated heterocycles. The normalized spacial score (nSPS) is 17.9. The average Bonchev–Trinajstić information content (AvgIpc) is 2.66. The van der Waals surface area contributed by atoms with Gasteiger partial charge in [-0.1, -0.05) is 53.7 Å². The van der Waals surface area contributed by atoms with Gasteiger partial charge in [-0.05, 0) is 34.9 Å². The maximum absolute atomic E-state index is 12.0. The standard InChI is InChI=1S/C23H36N2O5/c1-8-19-14-25(12-11-24(19)15-22(27)29-30-28-17(4)26)21-10-9-18(16(2)3)13-20(21)23(5,6)7/h9-10,13,16,19H,8,11-12,14-15H2,1-7H3. The molecule has 1 atom stereocenters. The number of hydrogen-bond acceptors (Lipinski definition) is 7. The molecule has 7 heteroatoms. The molecule has 0 aliphatic carbocycles. The SMILES string of the molecule is CCC1CN(c2ccc(C(C)C)cc2C(C)(C)C)CCN1CC(=O)OOOC(C)=O. The van der Waals surface area contributed by atoms with Crippen LogP contribution in [0, 0.1) is 0 Å². The molecule has 168 valence electrons. The van der Waals surface area contributed by atoms with Crippen molar-refractivity contribution in [2.75, 3.05) is 31.1 Å². The van der Waals surface area contributed by atoms with E-state index in [9.17, 15) is 9.59 Å². The van der Waals surface area contributed by atoms with Gasteiger partial charge in [0.05, 0.1) is 0 Å². The molecule has 0 saturated carbocycles. The Kier molecular flexibility index (Phi) is 8.26. The van der Waals surface area contributed by atoms with Crippen molar-refractivity contribution >= 4 is 17.6 Å². The fourth-order valence-corrected chi connectivity index (χ4v) is 3.79. The number of carbonyl (C=O) groups is 2. The van der Waals surface area contributed by atoms with Crippen molar-refractivity contribution in [3.05, 3.63) is 29.3 Å². The van der Waals surface area contributed by atoms with E-state index >= 15 is 0 Å². The molecule has 30 heavy (non-hydrogen) atoms. The van der Waals surface area contributed by atoms with Gasteiger partial charge < -0.3 is 4.90 Å². The Balaban J connectivity index is 2.11. The van der Waals surface area contributed by atoms with Crippen molar-refractivity contribution in [1.82, 2.24) is 4.90 Å². The monoisotopic (exact) mass is 420 g/mol. The van der Waals surface area contributed by atoms with Gasteiger partial charge in [0.1, 0.15) is 6.54 Å². The molecule has 1 heterocycles. The number of anilines is 1. The molecule has 0 amide bonds. The summed E-state index contributed by atoms with van der Waals surface area (Å²) in [7, 11) is 0. The van der Waals surface area contributed by atoms with Crippen LogP contribution in [-0.4, -0.2) is 49.1 Å². The van der Waals surface area contributed by atoms with Gasteiger partial charge in [0.25, 0.3) is 0 Å². The number of benzene rings is 1. The lowest BCUT2D eigenvalue weighted by atomic mass is 9.83. The van der Waals surface area contributed by atoms with E-state index in [0.29, 0.717) is 5.92 Å². The van der Waals surface area contributed by atoms with Gasteiger partial charge >= 0.3 is 11.9 Å². The summed E-state index contributed by atoms with van der Waals surface area (Å²) >= 11 is 0. The fourth-order valence-electron chi connectivity index (χ4n) is 3.79. The highest BCUT2D eigenvalue weighted by Gasteiger charge is 2.31. The Hall–Kier alpha value is -2.12. The maximum Gasteiger partial charge on any atom is 0.360 e. The third kappa shape index (κ3) is 6.44. The zero-order valence-corrected chi connectivity index (χ0v) is 19.4. The molecule has 0 aromatic heterocycles. The van der Waals surface area contributed by atoms with Crippen molar-refractivity contribution in [1.29, 1.82) is 0 Å². The minimum atomic E-state index is -0.680. The summed E-state index contributed by atoms with van der Waals surface area (Å²) in [5, 5.41) is 4.21. The topological polar surface area (TPSA) is 68.3 Å². The van der Waals surface area contributed by atoms with Crippen molar-refractivity contribution in [2.24, 2.45) is 0 Å². The Morgan fingerprint density at radius 1 is 1.17 bits per heavy atom. The summed E-state index contributed by atoms with van der Waals surface area (Å²) in [6.45, 7) is 17.0. The van der Waals surface area contributed by atoms with Gasteiger partial charge in [-0.3, -0.25) is 14.7 Å². The lowest BCUT2D eigenvalue weighted by molar-refractivity contribution is -0.458. The largest absolute Gasteiger partial charge is 0.368 e. The number of carbonyl (C=O) groups excluding carboxylic acids is 2. The minimum Gasteiger partial charge on any atom is -0.368 e. The van der Waals surface area contributed by atoms with Crippen LogP contribution in [0.15, 0.2) is 18.2 Å². The van der Waals surface area contributed by atoms with Gasteiger partial charge in [0.2, 0.25) is 0 Å². The molecule has 7 nitrogen and oxygen atoms in total. The number of piperazine rings is 1. The smallest absolute Gasteiger partial charge is 0.360 e. The van der Waals surface area contributed by atoms with Crippen LogP contribution in [-0.2, 0) is 29.8 Å². The van der Waals surface area contributed by atoms with Gasteiger partial charge in [-0.15, -0.1) is 0 Å². The lowest BCUT2D eigenvalue weighted by Crippen LogP contribution is -2.54. The molecule has 1 fully saturated rings. The molecule has 1 unspecified atom stereocenters. The Bertz CT molecular complexity index is 742. The van der Waals surface area contributed by atoms with Crippen LogP contribution < -0.4 is 4.90 Å². The molecule has 0 radical (unpaired) electrons. The van der Waals surface area contributed by atoms with E-state index in [1.54, 1.807) is 0 Å². The summed E-state index contributed by atoms with van der Waals surface area (Å²) in [4.78, 5) is 35.9. The first kappa shape index (κ1) is 24.2. The molecule has 1 aromatic carbocycles. The van der Waals surface area contributed by atoms with Gasteiger partial charge in [0.15, 0.2) is 0 Å². The van der Waals surface area contributed by atoms with Crippen LogP contribution in [0.25, 0.3) is 0 Å². The molecular weight excluding hydrogens is 384 g/mol. The highest BCUT2D eigenvalue weighted by atomic mass is 17.5. The van der Waals surface area contributed by atoms with Gasteiger partial charge in [-0.2, -0.15) is 0 Å². The highest BCUT2D eigenvalue weighted by molar-refractivity contribution is 5.71. The Labute approximate surface area is 180 Å². The van der Waals surface area contributed by atoms with Crippen molar-refractivity contribution in [3.8, 4) is 0 Å². The third-order valence-electron chi connectivity index (χ3n) is 5.52. The first-order valence-corrected chi connectivity index (χ1v) is 10.7. The fraction of sp³-hybridized carbons (Fsp3) is 0.652. The summed E-state index contributed by atoms with van der Waals surface area (Å²) in [5.41, 5.74) is 4.01. The van der Waals surface area contributed by atoms with Gasteiger partial charge in [-0.25, -0.2) is 9.59 Å². The van der Waals surface area contributed by atoms with Crippen LogP contribution in [0.4, 0.5) is 5.69 Å². The minimum absolute atomic E-state index is 0.0386.